The topological polar surface area (TPSA) is 67.2 Å². The fraction of sp³-hybridized carbons (Fsp3) is 0.450. The Hall–Kier alpha value is -2.34. The third-order valence-electron chi connectivity index (χ3n) is 5.29. The van der Waals surface area contributed by atoms with Gasteiger partial charge in [0.25, 0.3) is 11.8 Å². The Balaban J connectivity index is 1.50. The molecule has 0 saturated heterocycles. The number of nitrogens with zero attached hydrogens (tertiary/aromatic N) is 3. The molecule has 27 heavy (non-hydrogen) atoms. The SMILES string of the molecule is O=C(NC1CCCC1)c1cc2n(n1)CCCN(Cc1ccc(Cl)cc1)C2=O. The fourth-order valence-electron chi connectivity index (χ4n) is 3.84. The highest BCUT2D eigenvalue weighted by molar-refractivity contribution is 6.30. The van der Waals surface area contributed by atoms with E-state index in [1.54, 1.807) is 10.7 Å². The number of benzene rings is 1. The van der Waals surface area contributed by atoms with Crippen molar-refractivity contribution < 1.29 is 9.59 Å². The first-order valence-corrected chi connectivity index (χ1v) is 9.90. The zero-order chi connectivity index (χ0) is 18.8. The van der Waals surface area contributed by atoms with E-state index in [4.69, 9.17) is 11.6 Å². The second-order valence-corrected chi connectivity index (χ2v) is 7.74. The zero-order valence-electron chi connectivity index (χ0n) is 15.2. The number of carbonyl (C=O) groups is 2. The van der Waals surface area contributed by atoms with Crippen LogP contribution in [-0.4, -0.2) is 39.1 Å². The van der Waals surface area contributed by atoms with Gasteiger partial charge in [0.1, 0.15) is 5.69 Å². The van der Waals surface area contributed by atoms with Gasteiger partial charge in [-0.2, -0.15) is 5.10 Å². The van der Waals surface area contributed by atoms with Crippen molar-refractivity contribution in [1.82, 2.24) is 20.0 Å². The number of fused-ring (bicyclic) bond motifs is 1. The van der Waals surface area contributed by atoms with Gasteiger partial charge in [0.05, 0.1) is 0 Å². The summed E-state index contributed by atoms with van der Waals surface area (Å²) in [5.41, 5.74) is 1.84. The molecule has 2 amide bonds. The monoisotopic (exact) mass is 386 g/mol. The maximum Gasteiger partial charge on any atom is 0.272 e. The molecule has 4 rings (SSSR count). The molecule has 1 saturated carbocycles. The second-order valence-electron chi connectivity index (χ2n) is 7.30. The molecule has 0 spiro atoms. The fourth-order valence-corrected chi connectivity index (χ4v) is 3.96. The molecule has 142 valence electrons. The van der Waals surface area contributed by atoms with Gasteiger partial charge in [-0.25, -0.2) is 0 Å². The normalized spacial score (nSPS) is 17.7. The van der Waals surface area contributed by atoms with Crippen molar-refractivity contribution in [1.29, 1.82) is 0 Å². The van der Waals surface area contributed by atoms with E-state index in [-0.39, 0.29) is 17.9 Å². The van der Waals surface area contributed by atoms with Crippen LogP contribution >= 0.6 is 11.6 Å². The van der Waals surface area contributed by atoms with Crippen LogP contribution in [0.4, 0.5) is 0 Å². The number of hydrogen-bond acceptors (Lipinski definition) is 3. The molecule has 1 aliphatic carbocycles. The summed E-state index contributed by atoms with van der Waals surface area (Å²) in [6.45, 7) is 1.81. The lowest BCUT2D eigenvalue weighted by Crippen LogP contribution is -2.33. The maximum absolute atomic E-state index is 13.0. The standard InChI is InChI=1S/C20H23ClN4O2/c21-15-8-6-14(7-9-15)13-24-10-3-11-25-18(20(24)27)12-17(23-25)19(26)22-16-4-1-2-5-16/h6-9,12,16H,1-5,10-11,13H2,(H,22,26). The molecule has 7 heteroatoms. The lowest BCUT2D eigenvalue weighted by Gasteiger charge is -2.20. The Bertz CT molecular complexity index is 840. The molecule has 6 nitrogen and oxygen atoms in total. The first-order valence-electron chi connectivity index (χ1n) is 9.52. The molecule has 2 aromatic rings. The van der Waals surface area contributed by atoms with Crippen LogP contribution in [0.1, 0.15) is 58.6 Å². The molecular formula is C20H23ClN4O2. The van der Waals surface area contributed by atoms with E-state index in [1.165, 1.54) is 0 Å². The molecule has 2 aliphatic rings. The molecule has 0 unspecified atom stereocenters. The van der Waals surface area contributed by atoms with Crippen molar-refractivity contribution >= 4 is 23.4 Å². The number of nitrogens with one attached hydrogen (secondary N) is 1. The Morgan fingerprint density at radius 3 is 2.63 bits per heavy atom. The third kappa shape index (κ3) is 4.00. The summed E-state index contributed by atoms with van der Waals surface area (Å²) in [5.74, 6) is -0.269. The highest BCUT2D eigenvalue weighted by Crippen LogP contribution is 2.20. The Labute approximate surface area is 163 Å². The van der Waals surface area contributed by atoms with Crippen LogP contribution in [0, 0.1) is 0 Å². The number of aryl methyl sites for hydroxylation is 1. The van der Waals surface area contributed by atoms with Gasteiger partial charge in [-0.15, -0.1) is 0 Å². The summed E-state index contributed by atoms with van der Waals surface area (Å²) < 4.78 is 1.67. The van der Waals surface area contributed by atoms with Crippen molar-refractivity contribution in [2.45, 2.75) is 51.2 Å². The lowest BCUT2D eigenvalue weighted by molar-refractivity contribution is 0.0745. The van der Waals surface area contributed by atoms with Gasteiger partial charge in [-0.3, -0.25) is 14.3 Å². The van der Waals surface area contributed by atoms with E-state index in [0.717, 1.165) is 37.7 Å². The van der Waals surface area contributed by atoms with Gasteiger partial charge in [0.15, 0.2) is 5.69 Å². The molecule has 1 aliphatic heterocycles. The van der Waals surface area contributed by atoms with Crippen LogP contribution in [0.3, 0.4) is 0 Å². The maximum atomic E-state index is 13.0. The van der Waals surface area contributed by atoms with Crippen molar-refractivity contribution in [3.63, 3.8) is 0 Å². The summed E-state index contributed by atoms with van der Waals surface area (Å²) in [4.78, 5) is 27.3. The van der Waals surface area contributed by atoms with Crippen LogP contribution < -0.4 is 5.32 Å². The molecule has 1 aromatic carbocycles. The van der Waals surface area contributed by atoms with E-state index in [1.807, 2.05) is 29.2 Å². The second kappa shape index (κ2) is 7.72. The number of aromatic nitrogens is 2. The summed E-state index contributed by atoms with van der Waals surface area (Å²) in [6.07, 6.45) is 5.16. The van der Waals surface area contributed by atoms with E-state index < -0.39 is 0 Å². The summed E-state index contributed by atoms with van der Waals surface area (Å²) in [6, 6.07) is 9.38. The highest BCUT2D eigenvalue weighted by atomic mass is 35.5. The molecule has 1 aromatic heterocycles. The Morgan fingerprint density at radius 1 is 1.15 bits per heavy atom. The minimum Gasteiger partial charge on any atom is -0.348 e. The largest absolute Gasteiger partial charge is 0.348 e. The molecule has 0 bridgehead atoms. The molecular weight excluding hydrogens is 364 g/mol. The lowest BCUT2D eigenvalue weighted by atomic mass is 10.2. The van der Waals surface area contributed by atoms with Gasteiger partial charge in [0, 0.05) is 36.8 Å². The van der Waals surface area contributed by atoms with Crippen LogP contribution in [0.5, 0.6) is 0 Å². The Morgan fingerprint density at radius 2 is 1.89 bits per heavy atom. The van der Waals surface area contributed by atoms with Crippen LogP contribution in [0.25, 0.3) is 0 Å². The van der Waals surface area contributed by atoms with Gasteiger partial charge in [0.2, 0.25) is 0 Å². The zero-order valence-corrected chi connectivity index (χ0v) is 15.9. The number of carbonyl (C=O) groups excluding carboxylic acids is 2. The smallest absolute Gasteiger partial charge is 0.272 e. The summed E-state index contributed by atoms with van der Waals surface area (Å²) in [7, 11) is 0. The van der Waals surface area contributed by atoms with Gasteiger partial charge >= 0.3 is 0 Å². The minimum atomic E-state index is -0.181. The predicted molar refractivity (Wildman–Crippen MR) is 103 cm³/mol. The first kappa shape index (κ1) is 18.0. The van der Waals surface area contributed by atoms with Gasteiger partial charge in [-0.05, 0) is 37.0 Å². The average Bonchev–Trinajstić information content (AvgIpc) is 3.29. The van der Waals surface area contributed by atoms with E-state index in [9.17, 15) is 9.59 Å². The van der Waals surface area contributed by atoms with Crippen molar-refractivity contribution in [3.8, 4) is 0 Å². The number of hydrogen-bond donors (Lipinski definition) is 1. The molecule has 0 atom stereocenters. The third-order valence-corrected chi connectivity index (χ3v) is 5.55. The van der Waals surface area contributed by atoms with Crippen molar-refractivity contribution in [2.24, 2.45) is 0 Å². The highest BCUT2D eigenvalue weighted by Gasteiger charge is 2.27. The number of rotatable bonds is 4. The van der Waals surface area contributed by atoms with E-state index in [0.29, 0.717) is 36.0 Å². The molecule has 2 heterocycles. The molecule has 1 fully saturated rings. The van der Waals surface area contributed by atoms with Crippen LogP contribution in [-0.2, 0) is 13.1 Å². The van der Waals surface area contributed by atoms with Gasteiger partial charge < -0.3 is 10.2 Å². The van der Waals surface area contributed by atoms with E-state index in [2.05, 4.69) is 10.4 Å². The summed E-state index contributed by atoms with van der Waals surface area (Å²) >= 11 is 5.94. The first-order chi connectivity index (χ1) is 13.1. The van der Waals surface area contributed by atoms with Crippen molar-refractivity contribution in [3.05, 3.63) is 52.3 Å². The minimum absolute atomic E-state index is 0.0881. The van der Waals surface area contributed by atoms with Crippen LogP contribution in [0.2, 0.25) is 5.02 Å². The predicted octanol–water partition coefficient (Wildman–Crippen LogP) is 3.26. The molecule has 1 N–H and O–H groups in total. The number of halogens is 1. The Kier molecular flexibility index (Phi) is 5.16. The van der Waals surface area contributed by atoms with Gasteiger partial charge in [-0.1, -0.05) is 36.6 Å². The van der Waals surface area contributed by atoms with Crippen LogP contribution in [0.15, 0.2) is 30.3 Å². The number of amides is 2. The quantitative estimate of drug-likeness (QED) is 0.877. The average molecular weight is 387 g/mol. The molecule has 0 radical (unpaired) electrons. The van der Waals surface area contributed by atoms with Crippen molar-refractivity contribution in [2.75, 3.05) is 6.54 Å². The summed E-state index contributed by atoms with van der Waals surface area (Å²) in [5, 5.41) is 8.11. The van der Waals surface area contributed by atoms with E-state index >= 15 is 0 Å².